The Bertz CT molecular complexity index is 829. The number of likely N-dealkylation sites (N-methyl/N-ethyl adjacent to an activating group) is 1. The molecule has 0 bridgehead atoms. The van der Waals surface area contributed by atoms with Crippen molar-refractivity contribution in [3.8, 4) is 0 Å². The molecule has 0 saturated carbocycles. The Balaban J connectivity index is 2.00. The van der Waals surface area contributed by atoms with Gasteiger partial charge in [0.2, 0.25) is 0 Å². The van der Waals surface area contributed by atoms with Crippen LogP contribution in [0.1, 0.15) is 22.6 Å². The third-order valence-corrected chi connectivity index (χ3v) is 11.1. The van der Waals surface area contributed by atoms with Gasteiger partial charge < -0.3 is 0 Å². The molecule has 4 rings (SSSR count). The molecule has 1 unspecified atom stereocenters. The molecule has 1 heterocycles. The summed E-state index contributed by atoms with van der Waals surface area (Å²) in [7, 11) is 21.4. The fourth-order valence-corrected chi connectivity index (χ4v) is 8.89. The third-order valence-electron chi connectivity index (χ3n) is 4.38. The summed E-state index contributed by atoms with van der Waals surface area (Å²) in [6.07, 6.45) is 2.24. The molecule has 0 radical (unpaired) electrons. The van der Waals surface area contributed by atoms with Gasteiger partial charge in [0.15, 0.2) is 0 Å². The van der Waals surface area contributed by atoms with E-state index in [1.165, 1.54) is 22.4 Å². The minimum absolute atomic E-state index is 0.187. The van der Waals surface area contributed by atoms with Crippen LogP contribution in [0.4, 0.5) is 5.69 Å². The summed E-state index contributed by atoms with van der Waals surface area (Å²) in [4.78, 5) is 2.22. The Labute approximate surface area is 153 Å². The second-order valence-corrected chi connectivity index (χ2v) is 23.8. The molecular formula is C16H11BrCl3NZr. The number of benzene rings is 2. The predicted molar refractivity (Wildman–Crippen MR) is 96.0 cm³/mol. The molecule has 1 aliphatic heterocycles. The average molecular weight is 495 g/mol. The summed E-state index contributed by atoms with van der Waals surface area (Å²) in [6, 6.07) is 12.5. The molecule has 2 aromatic carbocycles. The fourth-order valence-electron chi connectivity index (χ4n) is 3.46. The van der Waals surface area contributed by atoms with Crippen LogP contribution in [0.25, 0.3) is 6.08 Å². The van der Waals surface area contributed by atoms with Gasteiger partial charge in [-0.05, 0) is 0 Å². The van der Waals surface area contributed by atoms with Gasteiger partial charge in [-0.15, -0.1) is 0 Å². The van der Waals surface area contributed by atoms with Crippen molar-refractivity contribution < 1.29 is 16.7 Å². The third kappa shape index (κ3) is 2.28. The van der Waals surface area contributed by atoms with Gasteiger partial charge in [-0.25, -0.2) is 0 Å². The molecule has 0 amide bonds. The summed E-state index contributed by atoms with van der Waals surface area (Å²) < 4.78 is 2.05. The topological polar surface area (TPSA) is 3.24 Å². The van der Waals surface area contributed by atoms with E-state index < -0.39 is 16.7 Å². The standard InChI is InChI=1S/C16H11BrN.3ClH.Zr/c1-18-14-5-3-2-4-13(14)16-12-7-6-11(17)8-10(12)9-15(16)18;;;;/h2-3,5-9,16H,1H3;3*1H;/q;;;;+3/p-3. The van der Waals surface area contributed by atoms with Crippen LogP contribution < -0.4 is 8.17 Å². The zero-order valence-corrected chi connectivity index (χ0v) is 17.9. The zero-order chi connectivity index (χ0) is 15.6. The molecule has 0 N–H and O–H groups in total. The molecule has 2 aromatic rings. The Morgan fingerprint density at radius 2 is 1.91 bits per heavy atom. The maximum atomic E-state index is 6.43. The molecule has 1 aliphatic carbocycles. The van der Waals surface area contributed by atoms with Crippen LogP contribution in [-0.2, 0) is 16.7 Å². The first kappa shape index (κ1) is 15.7. The summed E-state index contributed by atoms with van der Waals surface area (Å²) in [5, 5.41) is 0. The van der Waals surface area contributed by atoms with Crippen LogP contribution in [0.15, 0.2) is 46.6 Å². The van der Waals surface area contributed by atoms with Crippen LogP contribution in [0, 0.1) is 0 Å². The Morgan fingerprint density at radius 1 is 1.14 bits per heavy atom. The number of halogens is 4. The van der Waals surface area contributed by atoms with E-state index in [1.54, 1.807) is 0 Å². The second kappa shape index (κ2) is 5.36. The molecule has 1 atom stereocenters. The van der Waals surface area contributed by atoms with Crippen molar-refractivity contribution in [2.24, 2.45) is 0 Å². The van der Waals surface area contributed by atoms with Crippen LogP contribution in [0.2, 0.25) is 0 Å². The monoisotopic (exact) mass is 491 g/mol. The van der Waals surface area contributed by atoms with Gasteiger partial charge in [-0.2, -0.15) is 0 Å². The van der Waals surface area contributed by atoms with Crippen molar-refractivity contribution in [3.05, 3.63) is 63.3 Å². The van der Waals surface area contributed by atoms with Crippen molar-refractivity contribution in [1.29, 1.82) is 0 Å². The van der Waals surface area contributed by atoms with Gasteiger partial charge in [-0.3, -0.25) is 0 Å². The van der Waals surface area contributed by atoms with E-state index >= 15 is 0 Å². The van der Waals surface area contributed by atoms with Crippen LogP contribution in [0.5, 0.6) is 0 Å². The van der Waals surface area contributed by atoms with E-state index in [9.17, 15) is 0 Å². The first-order chi connectivity index (χ1) is 10.4. The van der Waals surface area contributed by atoms with Gasteiger partial charge in [-0.1, -0.05) is 0 Å². The number of rotatable bonds is 1. The molecule has 2 aliphatic rings. The van der Waals surface area contributed by atoms with E-state index in [4.69, 9.17) is 25.5 Å². The van der Waals surface area contributed by atoms with E-state index in [0.717, 1.165) is 13.4 Å². The van der Waals surface area contributed by atoms with Crippen LogP contribution in [-0.4, -0.2) is 7.05 Å². The summed E-state index contributed by atoms with van der Waals surface area (Å²) in [6.45, 7) is 0. The number of hydrogen-bond acceptors (Lipinski definition) is 1. The fraction of sp³-hybridized carbons (Fsp3) is 0.125. The quantitative estimate of drug-likeness (QED) is 0.497. The van der Waals surface area contributed by atoms with Gasteiger partial charge in [0.05, 0.1) is 0 Å². The molecule has 1 nitrogen and oxygen atoms in total. The van der Waals surface area contributed by atoms with Crippen molar-refractivity contribution in [1.82, 2.24) is 0 Å². The molecule has 0 spiro atoms. The number of hydrogen-bond donors (Lipinski definition) is 0. The van der Waals surface area contributed by atoms with Gasteiger partial charge in [0.1, 0.15) is 0 Å². The van der Waals surface area contributed by atoms with Crippen molar-refractivity contribution in [2.75, 3.05) is 11.9 Å². The normalized spacial score (nSPS) is 18.9. The zero-order valence-electron chi connectivity index (χ0n) is 11.6. The Kier molecular flexibility index (Phi) is 3.83. The SMILES string of the molecule is CN1C2=Cc3cc(Br)ccc3C2c2c1ccc[c]2[Zr]([Cl])([Cl])[Cl]. The van der Waals surface area contributed by atoms with Crippen molar-refractivity contribution >= 4 is 56.5 Å². The summed E-state index contributed by atoms with van der Waals surface area (Å²) in [5.41, 5.74) is 6.13. The number of fused-ring (bicyclic) bond motifs is 5. The second-order valence-electron chi connectivity index (χ2n) is 5.57. The van der Waals surface area contributed by atoms with Gasteiger partial charge in [0, 0.05) is 0 Å². The van der Waals surface area contributed by atoms with E-state index in [2.05, 4.69) is 58.2 Å². The predicted octanol–water partition coefficient (Wildman–Crippen LogP) is 5.63. The molecule has 0 saturated heterocycles. The van der Waals surface area contributed by atoms with Crippen molar-refractivity contribution in [3.63, 3.8) is 0 Å². The molecule has 6 heteroatoms. The maximum absolute atomic E-state index is 6.43. The molecule has 112 valence electrons. The van der Waals surface area contributed by atoms with Crippen LogP contribution in [0.3, 0.4) is 0 Å². The molecule has 0 aromatic heterocycles. The molecule has 22 heavy (non-hydrogen) atoms. The number of anilines is 1. The molecule has 0 fully saturated rings. The van der Waals surface area contributed by atoms with Crippen LogP contribution >= 0.6 is 41.5 Å². The Hall–Kier alpha value is 0.213. The van der Waals surface area contributed by atoms with Gasteiger partial charge >= 0.3 is 154 Å². The average Bonchev–Trinajstić information content (AvgIpc) is 2.94. The molecular weight excluding hydrogens is 484 g/mol. The van der Waals surface area contributed by atoms with Gasteiger partial charge in [0.25, 0.3) is 0 Å². The van der Waals surface area contributed by atoms with E-state index in [1.807, 2.05) is 12.1 Å². The number of allylic oxidation sites excluding steroid dienone is 1. The van der Waals surface area contributed by atoms with E-state index in [0.29, 0.717) is 0 Å². The van der Waals surface area contributed by atoms with Crippen molar-refractivity contribution in [2.45, 2.75) is 5.92 Å². The number of nitrogens with zero attached hydrogens (tertiary/aromatic N) is 1. The first-order valence-corrected chi connectivity index (χ1v) is 18.3. The minimum atomic E-state index is -3.74. The van der Waals surface area contributed by atoms with E-state index in [-0.39, 0.29) is 5.92 Å². The first-order valence-electron chi connectivity index (χ1n) is 6.83. The summed E-state index contributed by atoms with van der Waals surface area (Å²) in [5.74, 6) is 0.187. The Morgan fingerprint density at radius 3 is 2.64 bits per heavy atom. The summed E-state index contributed by atoms with van der Waals surface area (Å²) >= 11 is -0.199.